The maximum Gasteiger partial charge on any atom is 0.414 e. The van der Waals surface area contributed by atoms with Crippen LogP contribution in [0.25, 0.3) is 0 Å². The van der Waals surface area contributed by atoms with Gasteiger partial charge in [0.2, 0.25) is 0 Å². The van der Waals surface area contributed by atoms with Crippen LogP contribution in [0.2, 0.25) is 0 Å². The van der Waals surface area contributed by atoms with Crippen molar-refractivity contribution in [3.8, 4) is 5.75 Å². The highest BCUT2D eigenvalue weighted by Gasteiger charge is 2.32. The summed E-state index contributed by atoms with van der Waals surface area (Å²) in [7, 11) is 1.55. The van der Waals surface area contributed by atoms with Gasteiger partial charge >= 0.3 is 6.09 Å². The van der Waals surface area contributed by atoms with E-state index in [4.69, 9.17) is 9.47 Å². The summed E-state index contributed by atoms with van der Waals surface area (Å²) >= 11 is 0. The lowest BCUT2D eigenvalue weighted by Gasteiger charge is -2.13. The Labute approximate surface area is 148 Å². The maximum absolute atomic E-state index is 13.2. The molecule has 1 unspecified atom stereocenters. The van der Waals surface area contributed by atoms with Gasteiger partial charge < -0.3 is 14.8 Å². The monoisotopic (exact) mass is 362 g/mol. The molecule has 1 N–H and O–H groups in total. The highest BCUT2D eigenvalue weighted by atomic mass is 19.2. The maximum atomic E-state index is 13.2. The van der Waals surface area contributed by atoms with Crippen molar-refractivity contribution in [1.29, 1.82) is 0 Å². The van der Waals surface area contributed by atoms with E-state index in [-0.39, 0.29) is 18.7 Å². The number of anilines is 1. The predicted molar refractivity (Wildman–Crippen MR) is 89.3 cm³/mol. The summed E-state index contributed by atoms with van der Waals surface area (Å²) in [5.74, 6) is -2.04. The fourth-order valence-corrected chi connectivity index (χ4v) is 2.55. The molecule has 1 heterocycles. The van der Waals surface area contributed by atoms with Crippen molar-refractivity contribution >= 4 is 17.7 Å². The van der Waals surface area contributed by atoms with Crippen molar-refractivity contribution in [2.24, 2.45) is 0 Å². The van der Waals surface area contributed by atoms with Gasteiger partial charge in [-0.25, -0.2) is 13.6 Å². The molecule has 8 heteroatoms. The second-order valence-corrected chi connectivity index (χ2v) is 5.65. The Morgan fingerprint density at radius 1 is 1.23 bits per heavy atom. The predicted octanol–water partition coefficient (Wildman–Crippen LogP) is 2.73. The third-order valence-corrected chi connectivity index (χ3v) is 3.93. The van der Waals surface area contributed by atoms with Crippen LogP contribution in [0, 0.1) is 11.6 Å². The van der Waals surface area contributed by atoms with Crippen molar-refractivity contribution < 1.29 is 27.8 Å². The third kappa shape index (κ3) is 3.74. The molecule has 0 bridgehead atoms. The standard InChI is InChI=1S/C18H16F2N2O4/c1-25-13-5-3-12(4-6-13)22-10-14(26-18(22)24)9-21-17(23)11-2-7-15(19)16(20)8-11/h2-8,14H,9-10H2,1H3,(H,21,23). The molecule has 1 aliphatic heterocycles. The molecule has 2 amide bonds. The minimum Gasteiger partial charge on any atom is -0.497 e. The summed E-state index contributed by atoms with van der Waals surface area (Å²) < 4.78 is 36.4. The minimum absolute atomic E-state index is 0.0137. The molecule has 0 radical (unpaired) electrons. The lowest BCUT2D eigenvalue weighted by Crippen LogP contribution is -2.34. The van der Waals surface area contributed by atoms with E-state index < -0.39 is 29.7 Å². The molecule has 3 rings (SSSR count). The molecule has 136 valence electrons. The van der Waals surface area contributed by atoms with Gasteiger partial charge in [0.1, 0.15) is 11.9 Å². The summed E-state index contributed by atoms with van der Waals surface area (Å²) in [6.07, 6.45) is -1.08. The zero-order valence-corrected chi connectivity index (χ0v) is 13.9. The first kappa shape index (κ1) is 17.7. The Morgan fingerprint density at radius 3 is 2.62 bits per heavy atom. The second kappa shape index (κ2) is 7.38. The Balaban J connectivity index is 1.58. The lowest BCUT2D eigenvalue weighted by molar-refractivity contribution is 0.0915. The van der Waals surface area contributed by atoms with Gasteiger partial charge in [-0.2, -0.15) is 0 Å². The number of rotatable bonds is 5. The first-order valence-corrected chi connectivity index (χ1v) is 7.83. The zero-order chi connectivity index (χ0) is 18.7. The van der Waals surface area contributed by atoms with E-state index in [9.17, 15) is 18.4 Å². The molecule has 26 heavy (non-hydrogen) atoms. The van der Waals surface area contributed by atoms with E-state index >= 15 is 0 Å². The van der Waals surface area contributed by atoms with Gasteiger partial charge in [-0.05, 0) is 42.5 Å². The van der Waals surface area contributed by atoms with Crippen LogP contribution in [0.15, 0.2) is 42.5 Å². The number of carbonyl (C=O) groups excluding carboxylic acids is 2. The molecule has 1 saturated heterocycles. The van der Waals surface area contributed by atoms with Crippen molar-refractivity contribution in [3.63, 3.8) is 0 Å². The number of ether oxygens (including phenoxy) is 2. The van der Waals surface area contributed by atoms with Crippen LogP contribution in [-0.4, -0.2) is 38.3 Å². The van der Waals surface area contributed by atoms with E-state index in [2.05, 4.69) is 5.32 Å². The highest BCUT2D eigenvalue weighted by Crippen LogP contribution is 2.24. The minimum atomic E-state index is -1.10. The summed E-state index contributed by atoms with van der Waals surface area (Å²) in [6.45, 7) is 0.305. The number of carbonyl (C=O) groups is 2. The lowest BCUT2D eigenvalue weighted by atomic mass is 10.2. The number of hydrogen-bond acceptors (Lipinski definition) is 4. The van der Waals surface area contributed by atoms with E-state index in [0.29, 0.717) is 11.4 Å². The summed E-state index contributed by atoms with van der Waals surface area (Å²) in [5, 5.41) is 2.55. The average molecular weight is 362 g/mol. The molecule has 0 saturated carbocycles. The molecule has 1 atom stereocenters. The Bertz CT molecular complexity index is 826. The molecular weight excluding hydrogens is 346 g/mol. The molecule has 0 spiro atoms. The van der Waals surface area contributed by atoms with E-state index in [1.54, 1.807) is 31.4 Å². The fraction of sp³-hybridized carbons (Fsp3) is 0.222. The highest BCUT2D eigenvalue weighted by molar-refractivity contribution is 5.94. The third-order valence-electron chi connectivity index (χ3n) is 3.93. The van der Waals surface area contributed by atoms with Crippen LogP contribution in [0.3, 0.4) is 0 Å². The zero-order valence-electron chi connectivity index (χ0n) is 13.9. The normalized spacial score (nSPS) is 16.3. The van der Waals surface area contributed by atoms with Crippen LogP contribution >= 0.6 is 0 Å². The number of cyclic esters (lactones) is 1. The van der Waals surface area contributed by atoms with Gasteiger partial charge in [0.15, 0.2) is 11.6 Å². The van der Waals surface area contributed by atoms with Gasteiger partial charge in [-0.15, -0.1) is 0 Å². The largest absolute Gasteiger partial charge is 0.497 e. The number of hydrogen-bond donors (Lipinski definition) is 1. The van der Waals surface area contributed by atoms with Crippen molar-refractivity contribution in [1.82, 2.24) is 5.32 Å². The van der Waals surface area contributed by atoms with Gasteiger partial charge in [-0.3, -0.25) is 9.69 Å². The number of halogens is 2. The van der Waals surface area contributed by atoms with Crippen LogP contribution in [0.4, 0.5) is 19.3 Å². The smallest absolute Gasteiger partial charge is 0.414 e. The molecule has 6 nitrogen and oxygen atoms in total. The number of nitrogens with zero attached hydrogens (tertiary/aromatic N) is 1. The van der Waals surface area contributed by atoms with Crippen molar-refractivity contribution in [2.75, 3.05) is 25.1 Å². The van der Waals surface area contributed by atoms with Crippen LogP contribution in [0.5, 0.6) is 5.75 Å². The van der Waals surface area contributed by atoms with Gasteiger partial charge in [0.25, 0.3) is 5.91 Å². The number of methoxy groups -OCH3 is 1. The Kier molecular flexibility index (Phi) is 5.01. The van der Waals surface area contributed by atoms with E-state index in [0.717, 1.165) is 12.1 Å². The van der Waals surface area contributed by atoms with Gasteiger partial charge in [-0.1, -0.05) is 0 Å². The average Bonchev–Trinajstić information content (AvgIpc) is 3.02. The summed E-state index contributed by atoms with van der Waals surface area (Å²) in [5.41, 5.74) is 0.630. The Hall–Kier alpha value is -3.16. The molecule has 0 aliphatic carbocycles. The molecule has 2 aromatic carbocycles. The molecular formula is C18H16F2N2O4. The SMILES string of the molecule is COc1ccc(N2CC(CNC(=O)c3ccc(F)c(F)c3)OC2=O)cc1. The quantitative estimate of drug-likeness (QED) is 0.888. The number of benzene rings is 2. The van der Waals surface area contributed by atoms with Gasteiger partial charge in [0, 0.05) is 11.3 Å². The molecule has 1 aliphatic rings. The van der Waals surface area contributed by atoms with E-state index in [1.165, 1.54) is 11.0 Å². The van der Waals surface area contributed by atoms with Crippen molar-refractivity contribution in [3.05, 3.63) is 59.7 Å². The van der Waals surface area contributed by atoms with Crippen LogP contribution < -0.4 is 15.0 Å². The first-order chi connectivity index (χ1) is 12.5. The number of amides is 2. The second-order valence-electron chi connectivity index (χ2n) is 5.65. The topological polar surface area (TPSA) is 67.9 Å². The molecule has 2 aromatic rings. The summed E-state index contributed by atoms with van der Waals surface area (Å²) in [6, 6.07) is 9.77. The summed E-state index contributed by atoms with van der Waals surface area (Å²) in [4.78, 5) is 25.4. The number of nitrogens with one attached hydrogen (secondary N) is 1. The molecule has 1 fully saturated rings. The van der Waals surface area contributed by atoms with Gasteiger partial charge in [0.05, 0.1) is 20.2 Å². The van der Waals surface area contributed by atoms with Crippen molar-refractivity contribution in [2.45, 2.75) is 6.10 Å². The van der Waals surface area contributed by atoms with Crippen LogP contribution in [-0.2, 0) is 4.74 Å². The fourth-order valence-electron chi connectivity index (χ4n) is 2.55. The molecule has 0 aromatic heterocycles. The Morgan fingerprint density at radius 2 is 1.96 bits per heavy atom. The van der Waals surface area contributed by atoms with E-state index in [1.807, 2.05) is 0 Å². The van der Waals surface area contributed by atoms with Crippen LogP contribution in [0.1, 0.15) is 10.4 Å². The first-order valence-electron chi connectivity index (χ1n) is 7.83.